The molecule has 0 radical (unpaired) electrons. The van der Waals surface area contributed by atoms with Crippen molar-refractivity contribution in [2.45, 2.75) is 26.8 Å². The number of aromatic nitrogens is 1. The molecule has 1 aromatic rings. The maximum absolute atomic E-state index is 13.1. The molecule has 0 aliphatic carbocycles. The predicted octanol–water partition coefficient (Wildman–Crippen LogP) is 2.14. The van der Waals surface area contributed by atoms with Crippen LogP contribution in [0.2, 0.25) is 0 Å². The molecule has 0 unspecified atom stereocenters. The standard InChI is InChI=1S/C13H21FN2O2/c1-3-5-15-9-11-8-12(14)10-16-13(11)18-7-6-17-4-2/h8,10,15H,3-7,9H2,1-2H3. The minimum Gasteiger partial charge on any atom is -0.475 e. The molecule has 1 rings (SSSR count). The van der Waals surface area contributed by atoms with Gasteiger partial charge in [-0.25, -0.2) is 9.37 Å². The van der Waals surface area contributed by atoms with Crippen molar-refractivity contribution in [3.63, 3.8) is 0 Å². The Kier molecular flexibility index (Phi) is 7.29. The molecule has 0 atom stereocenters. The number of nitrogens with zero attached hydrogens (tertiary/aromatic N) is 1. The third-order valence-electron chi connectivity index (χ3n) is 2.30. The highest BCUT2D eigenvalue weighted by atomic mass is 19.1. The van der Waals surface area contributed by atoms with Gasteiger partial charge in [-0.1, -0.05) is 6.92 Å². The molecule has 0 spiro atoms. The van der Waals surface area contributed by atoms with E-state index in [1.807, 2.05) is 6.92 Å². The van der Waals surface area contributed by atoms with Crippen LogP contribution in [-0.4, -0.2) is 31.3 Å². The van der Waals surface area contributed by atoms with Gasteiger partial charge in [0.15, 0.2) is 0 Å². The van der Waals surface area contributed by atoms with Crippen LogP contribution in [0.15, 0.2) is 12.3 Å². The summed E-state index contributed by atoms with van der Waals surface area (Å²) in [6.07, 6.45) is 2.20. The normalized spacial score (nSPS) is 10.6. The number of nitrogens with one attached hydrogen (secondary N) is 1. The molecular weight excluding hydrogens is 235 g/mol. The van der Waals surface area contributed by atoms with Crippen LogP contribution in [0.3, 0.4) is 0 Å². The molecule has 0 saturated carbocycles. The van der Waals surface area contributed by atoms with E-state index in [4.69, 9.17) is 9.47 Å². The van der Waals surface area contributed by atoms with Crippen molar-refractivity contribution in [3.05, 3.63) is 23.6 Å². The Morgan fingerprint density at radius 2 is 2.17 bits per heavy atom. The van der Waals surface area contributed by atoms with Crippen LogP contribution >= 0.6 is 0 Å². The molecule has 1 heterocycles. The summed E-state index contributed by atoms with van der Waals surface area (Å²) in [6.45, 7) is 7.04. The van der Waals surface area contributed by atoms with E-state index in [9.17, 15) is 4.39 Å². The number of pyridine rings is 1. The van der Waals surface area contributed by atoms with Crippen LogP contribution < -0.4 is 10.1 Å². The molecule has 0 bridgehead atoms. The summed E-state index contributed by atoms with van der Waals surface area (Å²) in [7, 11) is 0. The zero-order valence-corrected chi connectivity index (χ0v) is 11.0. The van der Waals surface area contributed by atoms with Crippen LogP contribution in [0, 0.1) is 5.82 Å². The van der Waals surface area contributed by atoms with Crippen molar-refractivity contribution < 1.29 is 13.9 Å². The third-order valence-corrected chi connectivity index (χ3v) is 2.30. The SMILES string of the molecule is CCCNCc1cc(F)cnc1OCCOCC. The van der Waals surface area contributed by atoms with Gasteiger partial charge in [0.25, 0.3) is 0 Å². The molecular formula is C13H21FN2O2. The fraction of sp³-hybridized carbons (Fsp3) is 0.615. The molecule has 0 saturated heterocycles. The predicted molar refractivity (Wildman–Crippen MR) is 68.2 cm³/mol. The summed E-state index contributed by atoms with van der Waals surface area (Å²) >= 11 is 0. The Morgan fingerprint density at radius 3 is 2.89 bits per heavy atom. The fourth-order valence-electron chi connectivity index (χ4n) is 1.47. The number of rotatable bonds is 9. The summed E-state index contributed by atoms with van der Waals surface area (Å²) in [5.41, 5.74) is 0.736. The number of hydrogen-bond donors (Lipinski definition) is 1. The Morgan fingerprint density at radius 1 is 1.33 bits per heavy atom. The summed E-state index contributed by atoms with van der Waals surface area (Å²) in [5.74, 6) is 0.125. The maximum atomic E-state index is 13.1. The first-order valence-corrected chi connectivity index (χ1v) is 6.33. The lowest BCUT2D eigenvalue weighted by Crippen LogP contribution is -2.16. The highest BCUT2D eigenvalue weighted by Gasteiger charge is 2.07. The van der Waals surface area contributed by atoms with Gasteiger partial charge in [-0.2, -0.15) is 0 Å². The van der Waals surface area contributed by atoms with Gasteiger partial charge >= 0.3 is 0 Å². The van der Waals surface area contributed by atoms with Crippen molar-refractivity contribution in [1.29, 1.82) is 0 Å². The summed E-state index contributed by atoms with van der Waals surface area (Å²) in [6, 6.07) is 1.45. The lowest BCUT2D eigenvalue weighted by atomic mass is 10.2. The van der Waals surface area contributed by atoms with E-state index in [0.717, 1.165) is 18.5 Å². The molecule has 0 aromatic carbocycles. The first-order chi connectivity index (χ1) is 8.77. The van der Waals surface area contributed by atoms with Crippen molar-refractivity contribution in [2.75, 3.05) is 26.4 Å². The number of hydrogen-bond acceptors (Lipinski definition) is 4. The average molecular weight is 256 g/mol. The number of ether oxygens (including phenoxy) is 2. The summed E-state index contributed by atoms with van der Waals surface area (Å²) in [5, 5.41) is 3.20. The van der Waals surface area contributed by atoms with Crippen LogP contribution in [0.25, 0.3) is 0 Å². The Balaban J connectivity index is 2.52. The van der Waals surface area contributed by atoms with Gasteiger partial charge in [0.2, 0.25) is 5.88 Å². The molecule has 5 heteroatoms. The average Bonchev–Trinajstić information content (AvgIpc) is 2.37. The van der Waals surface area contributed by atoms with Gasteiger partial charge in [0, 0.05) is 18.7 Å². The highest BCUT2D eigenvalue weighted by Crippen LogP contribution is 2.15. The van der Waals surface area contributed by atoms with Crippen LogP contribution in [0.1, 0.15) is 25.8 Å². The molecule has 18 heavy (non-hydrogen) atoms. The number of halogens is 1. The fourth-order valence-corrected chi connectivity index (χ4v) is 1.47. The minimum absolute atomic E-state index is 0.347. The molecule has 102 valence electrons. The Hall–Kier alpha value is -1.20. The van der Waals surface area contributed by atoms with Crippen molar-refractivity contribution >= 4 is 0 Å². The van der Waals surface area contributed by atoms with Gasteiger partial charge < -0.3 is 14.8 Å². The lowest BCUT2D eigenvalue weighted by Gasteiger charge is -2.11. The van der Waals surface area contributed by atoms with E-state index >= 15 is 0 Å². The van der Waals surface area contributed by atoms with Gasteiger partial charge in [0.1, 0.15) is 12.4 Å². The smallest absolute Gasteiger partial charge is 0.218 e. The maximum Gasteiger partial charge on any atom is 0.218 e. The molecule has 0 amide bonds. The van der Waals surface area contributed by atoms with Gasteiger partial charge in [-0.05, 0) is 26.0 Å². The van der Waals surface area contributed by atoms with Gasteiger partial charge in [0.05, 0.1) is 12.8 Å². The lowest BCUT2D eigenvalue weighted by molar-refractivity contribution is 0.108. The molecule has 1 aromatic heterocycles. The second kappa shape index (κ2) is 8.83. The van der Waals surface area contributed by atoms with E-state index in [1.54, 1.807) is 0 Å². The zero-order chi connectivity index (χ0) is 13.2. The third kappa shape index (κ3) is 5.42. The Labute approximate surface area is 108 Å². The van der Waals surface area contributed by atoms with Crippen molar-refractivity contribution in [1.82, 2.24) is 10.3 Å². The quantitative estimate of drug-likeness (QED) is 0.687. The van der Waals surface area contributed by atoms with Crippen molar-refractivity contribution in [2.24, 2.45) is 0 Å². The van der Waals surface area contributed by atoms with E-state index in [-0.39, 0.29) is 5.82 Å². The highest BCUT2D eigenvalue weighted by molar-refractivity contribution is 5.26. The Bertz CT molecular complexity index is 348. The zero-order valence-electron chi connectivity index (χ0n) is 11.0. The molecule has 0 aliphatic rings. The van der Waals surface area contributed by atoms with E-state index in [2.05, 4.69) is 17.2 Å². The monoisotopic (exact) mass is 256 g/mol. The topological polar surface area (TPSA) is 43.4 Å². The van der Waals surface area contributed by atoms with Gasteiger partial charge in [-0.3, -0.25) is 0 Å². The first-order valence-electron chi connectivity index (χ1n) is 6.33. The van der Waals surface area contributed by atoms with Crippen LogP contribution in [0.4, 0.5) is 4.39 Å². The van der Waals surface area contributed by atoms with Crippen LogP contribution in [0.5, 0.6) is 5.88 Å². The molecule has 0 fully saturated rings. The molecule has 1 N–H and O–H groups in total. The first kappa shape index (κ1) is 14.9. The minimum atomic E-state index is -0.347. The van der Waals surface area contributed by atoms with E-state index in [1.165, 1.54) is 12.3 Å². The largest absolute Gasteiger partial charge is 0.475 e. The van der Waals surface area contributed by atoms with Gasteiger partial charge in [-0.15, -0.1) is 0 Å². The second-order valence-corrected chi connectivity index (χ2v) is 3.84. The van der Waals surface area contributed by atoms with E-state index < -0.39 is 0 Å². The van der Waals surface area contributed by atoms with E-state index in [0.29, 0.717) is 32.2 Å². The van der Waals surface area contributed by atoms with Crippen molar-refractivity contribution in [3.8, 4) is 5.88 Å². The summed E-state index contributed by atoms with van der Waals surface area (Å²) in [4.78, 5) is 3.96. The van der Waals surface area contributed by atoms with Crippen LogP contribution in [-0.2, 0) is 11.3 Å². The summed E-state index contributed by atoms with van der Waals surface area (Å²) < 4.78 is 23.8. The molecule has 0 aliphatic heterocycles. The second-order valence-electron chi connectivity index (χ2n) is 3.84. The molecule has 4 nitrogen and oxygen atoms in total.